The molecule has 31 heavy (non-hydrogen) atoms. The summed E-state index contributed by atoms with van der Waals surface area (Å²) < 4.78 is 7.77. The van der Waals surface area contributed by atoms with Gasteiger partial charge in [0, 0.05) is 24.3 Å². The molecule has 1 aromatic carbocycles. The number of amides is 1. The Morgan fingerprint density at radius 1 is 1.16 bits per heavy atom. The monoisotopic (exact) mass is 423 g/mol. The first-order valence-corrected chi connectivity index (χ1v) is 10.5. The third-order valence-corrected chi connectivity index (χ3v) is 5.46. The van der Waals surface area contributed by atoms with E-state index in [1.54, 1.807) is 16.7 Å². The molecule has 1 aliphatic heterocycles. The number of aromatic nitrogens is 4. The molecule has 2 aromatic heterocycles. The second-order valence-electron chi connectivity index (χ2n) is 7.74. The second kappa shape index (κ2) is 8.71. The molecule has 1 N–H and O–H groups in total. The van der Waals surface area contributed by atoms with E-state index < -0.39 is 23.7 Å². The van der Waals surface area contributed by atoms with Gasteiger partial charge in [-0.15, -0.1) is 0 Å². The van der Waals surface area contributed by atoms with E-state index in [0.717, 1.165) is 29.4 Å². The minimum atomic E-state index is -0.569. The summed E-state index contributed by atoms with van der Waals surface area (Å²) in [5.41, 5.74) is 1.47. The third kappa shape index (κ3) is 4.21. The molecule has 0 bridgehead atoms. The van der Waals surface area contributed by atoms with Gasteiger partial charge < -0.3 is 9.84 Å². The van der Waals surface area contributed by atoms with Crippen LogP contribution in [0.3, 0.4) is 0 Å². The summed E-state index contributed by atoms with van der Waals surface area (Å²) in [6, 6.07) is 7.30. The summed E-state index contributed by atoms with van der Waals surface area (Å²) in [6.45, 7) is 3.92. The van der Waals surface area contributed by atoms with Gasteiger partial charge in [0.2, 0.25) is 17.6 Å². The van der Waals surface area contributed by atoms with Crippen LogP contribution in [0.2, 0.25) is 0 Å². The average Bonchev–Trinajstić information content (AvgIpc) is 3.09. The number of benzene rings is 1. The van der Waals surface area contributed by atoms with Crippen LogP contribution in [-0.2, 0) is 30.7 Å². The summed E-state index contributed by atoms with van der Waals surface area (Å²) >= 11 is 0. The van der Waals surface area contributed by atoms with E-state index in [2.05, 4.69) is 15.5 Å². The molecule has 9 heteroatoms. The maximum absolute atomic E-state index is 13.4. The van der Waals surface area contributed by atoms with Crippen LogP contribution in [0.4, 0.5) is 5.69 Å². The van der Waals surface area contributed by atoms with Gasteiger partial charge in [-0.2, -0.15) is 4.98 Å². The van der Waals surface area contributed by atoms with Crippen molar-refractivity contribution in [2.24, 2.45) is 0 Å². The minimum Gasteiger partial charge on any atom is -0.339 e. The van der Waals surface area contributed by atoms with Crippen LogP contribution in [0, 0.1) is 6.92 Å². The molecule has 3 heterocycles. The molecule has 0 aliphatic carbocycles. The number of aryl methyl sites for hydroxylation is 2. The fraction of sp³-hybridized carbons (Fsp3) is 0.409. The molecule has 0 fully saturated rings. The molecule has 0 spiro atoms. The number of fused-ring (bicyclic) bond motifs is 1. The van der Waals surface area contributed by atoms with Crippen molar-refractivity contribution in [3.8, 4) is 11.4 Å². The average molecular weight is 423 g/mol. The predicted octanol–water partition coefficient (Wildman–Crippen LogP) is 2.30. The number of rotatable bonds is 5. The van der Waals surface area contributed by atoms with Crippen LogP contribution < -0.4 is 16.6 Å². The standard InChI is InChI=1S/C22H25N5O4/c1-3-18-24-20(25-31-18)19-16-7-5-4-6-12-26(16)22(30)27(21(19)29)13-17(28)23-15-10-8-14(2)9-11-15/h8-11H,3-7,12-13H2,1-2H3,(H,23,28). The van der Waals surface area contributed by atoms with Gasteiger partial charge in [0.05, 0.1) is 0 Å². The zero-order valence-electron chi connectivity index (χ0n) is 17.7. The summed E-state index contributed by atoms with van der Waals surface area (Å²) in [5.74, 6) is 0.127. The molecule has 0 unspecified atom stereocenters. The second-order valence-corrected chi connectivity index (χ2v) is 7.74. The molecule has 0 radical (unpaired) electrons. The van der Waals surface area contributed by atoms with Gasteiger partial charge in [-0.25, -0.2) is 4.79 Å². The molecule has 0 saturated carbocycles. The van der Waals surface area contributed by atoms with E-state index in [9.17, 15) is 14.4 Å². The first-order valence-electron chi connectivity index (χ1n) is 10.5. The molecular weight excluding hydrogens is 398 g/mol. The van der Waals surface area contributed by atoms with Crippen LogP contribution in [0.5, 0.6) is 0 Å². The van der Waals surface area contributed by atoms with Crippen molar-refractivity contribution in [3.05, 3.63) is 62.3 Å². The molecule has 1 aliphatic rings. The summed E-state index contributed by atoms with van der Waals surface area (Å²) in [6.07, 6.45) is 3.76. The summed E-state index contributed by atoms with van der Waals surface area (Å²) in [7, 11) is 0. The van der Waals surface area contributed by atoms with E-state index >= 15 is 0 Å². The number of carbonyl (C=O) groups excluding carboxylic acids is 1. The molecule has 0 atom stereocenters. The quantitative estimate of drug-likeness (QED) is 0.674. The molecule has 3 aromatic rings. The van der Waals surface area contributed by atoms with Crippen molar-refractivity contribution in [1.82, 2.24) is 19.3 Å². The van der Waals surface area contributed by atoms with E-state index in [0.29, 0.717) is 36.7 Å². The zero-order chi connectivity index (χ0) is 22.0. The molecule has 0 saturated heterocycles. The predicted molar refractivity (Wildman–Crippen MR) is 115 cm³/mol. The van der Waals surface area contributed by atoms with Gasteiger partial charge in [0.1, 0.15) is 12.1 Å². The fourth-order valence-corrected chi connectivity index (χ4v) is 3.82. The van der Waals surface area contributed by atoms with Crippen LogP contribution in [0.1, 0.15) is 43.3 Å². The Kier molecular flexibility index (Phi) is 5.83. The Morgan fingerprint density at radius 3 is 2.65 bits per heavy atom. The van der Waals surface area contributed by atoms with Gasteiger partial charge in [0.25, 0.3) is 5.56 Å². The van der Waals surface area contributed by atoms with E-state index in [4.69, 9.17) is 4.52 Å². The fourth-order valence-electron chi connectivity index (χ4n) is 3.82. The van der Waals surface area contributed by atoms with Crippen molar-refractivity contribution >= 4 is 11.6 Å². The van der Waals surface area contributed by atoms with Crippen LogP contribution in [0.15, 0.2) is 38.4 Å². The number of carbonyl (C=O) groups is 1. The number of nitrogens with one attached hydrogen (secondary N) is 1. The van der Waals surface area contributed by atoms with Gasteiger partial charge in [0.15, 0.2) is 0 Å². The van der Waals surface area contributed by atoms with Crippen LogP contribution >= 0.6 is 0 Å². The first-order chi connectivity index (χ1) is 15.0. The van der Waals surface area contributed by atoms with E-state index in [1.165, 1.54) is 0 Å². The lowest BCUT2D eigenvalue weighted by Gasteiger charge is -2.16. The van der Waals surface area contributed by atoms with Gasteiger partial charge in [-0.1, -0.05) is 36.2 Å². The highest BCUT2D eigenvalue weighted by Crippen LogP contribution is 2.21. The number of hydrogen-bond acceptors (Lipinski definition) is 6. The van der Waals surface area contributed by atoms with Crippen molar-refractivity contribution in [2.75, 3.05) is 5.32 Å². The van der Waals surface area contributed by atoms with Crippen LogP contribution in [-0.4, -0.2) is 25.2 Å². The topological polar surface area (TPSA) is 112 Å². The lowest BCUT2D eigenvalue weighted by Crippen LogP contribution is -2.44. The van der Waals surface area contributed by atoms with E-state index in [-0.39, 0.29) is 11.4 Å². The Labute approximate surface area is 178 Å². The van der Waals surface area contributed by atoms with Gasteiger partial charge in [-0.05, 0) is 38.3 Å². The maximum Gasteiger partial charge on any atom is 0.331 e. The Balaban J connectivity index is 1.77. The van der Waals surface area contributed by atoms with Crippen molar-refractivity contribution in [3.63, 3.8) is 0 Å². The molecular formula is C22H25N5O4. The van der Waals surface area contributed by atoms with Crippen molar-refractivity contribution in [1.29, 1.82) is 0 Å². The number of anilines is 1. The largest absolute Gasteiger partial charge is 0.339 e. The Morgan fingerprint density at radius 2 is 1.94 bits per heavy atom. The molecule has 9 nitrogen and oxygen atoms in total. The smallest absolute Gasteiger partial charge is 0.331 e. The van der Waals surface area contributed by atoms with Crippen molar-refractivity contribution < 1.29 is 9.32 Å². The summed E-state index contributed by atoms with van der Waals surface area (Å²) in [5, 5.41) is 6.71. The number of nitrogens with zero attached hydrogens (tertiary/aromatic N) is 4. The molecule has 4 rings (SSSR count). The first kappa shape index (κ1) is 20.8. The highest BCUT2D eigenvalue weighted by molar-refractivity contribution is 5.90. The van der Waals surface area contributed by atoms with Crippen molar-refractivity contribution in [2.45, 2.75) is 59.0 Å². The molecule has 162 valence electrons. The Bertz CT molecular complexity index is 1220. The minimum absolute atomic E-state index is 0.167. The lowest BCUT2D eigenvalue weighted by atomic mass is 10.1. The maximum atomic E-state index is 13.4. The molecule has 1 amide bonds. The summed E-state index contributed by atoms with van der Waals surface area (Å²) in [4.78, 5) is 43.5. The van der Waals surface area contributed by atoms with Gasteiger partial charge in [-0.3, -0.25) is 18.7 Å². The number of hydrogen-bond donors (Lipinski definition) is 1. The third-order valence-electron chi connectivity index (χ3n) is 5.46. The van der Waals surface area contributed by atoms with Gasteiger partial charge >= 0.3 is 5.69 Å². The van der Waals surface area contributed by atoms with Crippen LogP contribution in [0.25, 0.3) is 11.4 Å². The van der Waals surface area contributed by atoms with E-state index in [1.807, 2.05) is 26.0 Å². The normalized spacial score (nSPS) is 13.5. The zero-order valence-corrected chi connectivity index (χ0v) is 17.7. The highest BCUT2D eigenvalue weighted by atomic mass is 16.5. The SMILES string of the molecule is CCc1nc(-c2c3n(c(=O)n(CC(=O)Nc4ccc(C)cc4)c2=O)CCCCC3)no1. The highest BCUT2D eigenvalue weighted by Gasteiger charge is 2.25. The lowest BCUT2D eigenvalue weighted by molar-refractivity contribution is -0.116. The Hall–Kier alpha value is -3.49.